The average Bonchev–Trinajstić information content (AvgIpc) is 3.08. The zero-order valence-electron chi connectivity index (χ0n) is 15.9. The SMILES string of the molecule is CCN(CC)c1ccc2c(c1)OCc1cc3ccc4c(cnn4C)c3nc1-2. The molecule has 2 aromatic heterocycles. The standard InChI is InChI=1S/C22H22N4O/c1-4-26(5-2)16-7-8-17-20(11-16)27-13-15-10-14-6-9-19-18(12-23-25(19)3)21(14)24-22(15)17/h6-12H,4-5,13H2,1-3H3. The fraction of sp³-hybridized carbons (Fsp3) is 0.273. The minimum Gasteiger partial charge on any atom is -0.488 e. The molecule has 2 aromatic carbocycles. The van der Waals surface area contributed by atoms with Gasteiger partial charge in [-0.15, -0.1) is 0 Å². The lowest BCUT2D eigenvalue weighted by molar-refractivity contribution is 0.302. The largest absolute Gasteiger partial charge is 0.488 e. The normalized spacial score (nSPS) is 12.7. The van der Waals surface area contributed by atoms with Crippen molar-refractivity contribution in [3.05, 3.63) is 48.2 Å². The van der Waals surface area contributed by atoms with Gasteiger partial charge in [-0.3, -0.25) is 4.68 Å². The first-order valence-corrected chi connectivity index (χ1v) is 9.46. The Hall–Kier alpha value is -3.08. The van der Waals surface area contributed by atoms with Gasteiger partial charge in [0.2, 0.25) is 0 Å². The van der Waals surface area contributed by atoms with E-state index >= 15 is 0 Å². The molecular weight excluding hydrogens is 336 g/mol. The molecule has 0 fully saturated rings. The topological polar surface area (TPSA) is 43.2 Å². The van der Waals surface area contributed by atoms with E-state index in [1.165, 1.54) is 5.69 Å². The van der Waals surface area contributed by atoms with Crippen LogP contribution in [0.2, 0.25) is 0 Å². The Bertz CT molecular complexity index is 1170. The molecule has 0 saturated heterocycles. The number of aryl methyl sites for hydroxylation is 1. The Labute approximate surface area is 158 Å². The second-order valence-corrected chi connectivity index (χ2v) is 6.98. The van der Waals surface area contributed by atoms with E-state index in [1.807, 2.05) is 17.9 Å². The Morgan fingerprint density at radius 3 is 2.78 bits per heavy atom. The Kier molecular flexibility index (Phi) is 3.57. The first kappa shape index (κ1) is 16.1. The van der Waals surface area contributed by atoms with Gasteiger partial charge in [0.15, 0.2) is 0 Å². The predicted octanol–water partition coefficient (Wildman–Crippen LogP) is 4.53. The Balaban J connectivity index is 1.71. The van der Waals surface area contributed by atoms with Gasteiger partial charge in [-0.1, -0.05) is 6.07 Å². The highest BCUT2D eigenvalue weighted by atomic mass is 16.5. The van der Waals surface area contributed by atoms with E-state index in [9.17, 15) is 0 Å². The van der Waals surface area contributed by atoms with Gasteiger partial charge in [0, 0.05) is 53.8 Å². The number of nitrogens with zero attached hydrogens (tertiary/aromatic N) is 4. The number of ether oxygens (including phenoxy) is 1. The number of rotatable bonds is 3. The number of anilines is 1. The summed E-state index contributed by atoms with van der Waals surface area (Å²) in [6.07, 6.45) is 1.90. The first-order chi connectivity index (χ1) is 13.2. The highest BCUT2D eigenvalue weighted by Crippen LogP contribution is 2.40. The summed E-state index contributed by atoms with van der Waals surface area (Å²) < 4.78 is 7.98. The van der Waals surface area contributed by atoms with Gasteiger partial charge in [0.1, 0.15) is 12.4 Å². The molecule has 5 heteroatoms. The van der Waals surface area contributed by atoms with Crippen molar-refractivity contribution in [2.75, 3.05) is 18.0 Å². The second kappa shape index (κ2) is 5.98. The van der Waals surface area contributed by atoms with Crippen LogP contribution in [0.5, 0.6) is 5.75 Å². The van der Waals surface area contributed by atoms with Crippen molar-refractivity contribution in [1.29, 1.82) is 0 Å². The lowest BCUT2D eigenvalue weighted by Gasteiger charge is -2.25. The van der Waals surface area contributed by atoms with Crippen molar-refractivity contribution in [2.45, 2.75) is 20.5 Å². The van der Waals surface area contributed by atoms with Crippen LogP contribution < -0.4 is 9.64 Å². The fourth-order valence-corrected chi connectivity index (χ4v) is 4.02. The van der Waals surface area contributed by atoms with Crippen LogP contribution >= 0.6 is 0 Å². The molecule has 0 unspecified atom stereocenters. The number of fused-ring (bicyclic) bond motifs is 6. The first-order valence-electron chi connectivity index (χ1n) is 9.46. The smallest absolute Gasteiger partial charge is 0.131 e. The summed E-state index contributed by atoms with van der Waals surface area (Å²) in [7, 11) is 1.96. The maximum atomic E-state index is 6.09. The molecular formula is C22H22N4O. The maximum Gasteiger partial charge on any atom is 0.131 e. The highest BCUT2D eigenvalue weighted by Gasteiger charge is 2.21. The van der Waals surface area contributed by atoms with Crippen molar-refractivity contribution in [3.63, 3.8) is 0 Å². The molecule has 0 bridgehead atoms. The monoisotopic (exact) mass is 358 g/mol. The van der Waals surface area contributed by atoms with E-state index in [0.29, 0.717) is 6.61 Å². The minimum atomic E-state index is 0.554. The predicted molar refractivity (Wildman–Crippen MR) is 109 cm³/mol. The molecule has 0 aliphatic carbocycles. The van der Waals surface area contributed by atoms with Gasteiger partial charge >= 0.3 is 0 Å². The van der Waals surface area contributed by atoms with Gasteiger partial charge in [-0.25, -0.2) is 4.98 Å². The number of hydrogen-bond donors (Lipinski definition) is 0. The van der Waals surface area contributed by atoms with Gasteiger partial charge in [-0.05, 0) is 38.1 Å². The van der Waals surface area contributed by atoms with Crippen LogP contribution in [0.4, 0.5) is 5.69 Å². The summed E-state index contributed by atoms with van der Waals surface area (Å²) >= 11 is 0. The molecule has 0 atom stereocenters. The lowest BCUT2D eigenvalue weighted by atomic mass is 9.99. The molecule has 1 aliphatic heterocycles. The van der Waals surface area contributed by atoms with Crippen LogP contribution in [0.25, 0.3) is 33.1 Å². The van der Waals surface area contributed by atoms with Crippen LogP contribution in [0.3, 0.4) is 0 Å². The second-order valence-electron chi connectivity index (χ2n) is 6.98. The zero-order valence-corrected chi connectivity index (χ0v) is 15.9. The van der Waals surface area contributed by atoms with Crippen LogP contribution in [0.1, 0.15) is 19.4 Å². The van der Waals surface area contributed by atoms with Gasteiger partial charge in [-0.2, -0.15) is 5.10 Å². The van der Waals surface area contributed by atoms with Gasteiger partial charge < -0.3 is 9.64 Å². The van der Waals surface area contributed by atoms with Gasteiger partial charge in [0.25, 0.3) is 0 Å². The maximum absolute atomic E-state index is 6.09. The third-order valence-electron chi connectivity index (χ3n) is 5.52. The van der Waals surface area contributed by atoms with Crippen LogP contribution in [-0.2, 0) is 13.7 Å². The quantitative estimate of drug-likeness (QED) is 0.540. The van der Waals surface area contributed by atoms with Crippen molar-refractivity contribution >= 4 is 27.5 Å². The molecule has 1 aliphatic rings. The van der Waals surface area contributed by atoms with Gasteiger partial charge in [0.05, 0.1) is 22.9 Å². The molecule has 27 heavy (non-hydrogen) atoms. The Morgan fingerprint density at radius 2 is 1.96 bits per heavy atom. The molecule has 5 rings (SSSR count). The molecule has 0 N–H and O–H groups in total. The number of pyridine rings is 1. The van der Waals surface area contributed by atoms with Crippen LogP contribution in [-0.4, -0.2) is 27.9 Å². The minimum absolute atomic E-state index is 0.554. The van der Waals surface area contributed by atoms with E-state index in [4.69, 9.17) is 9.72 Å². The zero-order chi connectivity index (χ0) is 18.5. The molecule has 136 valence electrons. The van der Waals surface area contributed by atoms with Crippen molar-refractivity contribution in [2.24, 2.45) is 7.05 Å². The molecule has 3 heterocycles. The molecule has 0 radical (unpaired) electrons. The van der Waals surface area contributed by atoms with E-state index in [0.717, 1.165) is 57.5 Å². The van der Waals surface area contributed by atoms with Crippen molar-refractivity contribution < 1.29 is 4.74 Å². The van der Waals surface area contributed by atoms with E-state index in [1.54, 1.807) is 0 Å². The van der Waals surface area contributed by atoms with Crippen molar-refractivity contribution in [3.8, 4) is 17.0 Å². The summed E-state index contributed by atoms with van der Waals surface area (Å²) in [5, 5.41) is 6.61. The molecule has 4 aromatic rings. The highest BCUT2D eigenvalue weighted by molar-refractivity contribution is 6.05. The number of aromatic nitrogens is 3. The summed E-state index contributed by atoms with van der Waals surface area (Å²) in [4.78, 5) is 7.39. The number of hydrogen-bond acceptors (Lipinski definition) is 4. The van der Waals surface area contributed by atoms with Crippen LogP contribution in [0.15, 0.2) is 42.6 Å². The molecule has 0 amide bonds. The molecule has 0 spiro atoms. The summed E-state index contributed by atoms with van der Waals surface area (Å²) in [6, 6.07) is 12.9. The van der Waals surface area contributed by atoms with Crippen LogP contribution in [0, 0.1) is 0 Å². The molecule has 0 saturated carbocycles. The third-order valence-corrected chi connectivity index (χ3v) is 5.52. The molecule has 5 nitrogen and oxygen atoms in total. The Morgan fingerprint density at radius 1 is 1.11 bits per heavy atom. The summed E-state index contributed by atoms with van der Waals surface area (Å²) in [6.45, 7) is 6.86. The third kappa shape index (κ3) is 2.38. The average molecular weight is 358 g/mol. The van der Waals surface area contributed by atoms with E-state index < -0.39 is 0 Å². The van der Waals surface area contributed by atoms with Crippen molar-refractivity contribution in [1.82, 2.24) is 14.8 Å². The summed E-state index contributed by atoms with van der Waals surface area (Å²) in [5.41, 5.74) is 6.51. The summed E-state index contributed by atoms with van der Waals surface area (Å²) in [5.74, 6) is 0.914. The van der Waals surface area contributed by atoms with E-state index in [-0.39, 0.29) is 0 Å². The fourth-order valence-electron chi connectivity index (χ4n) is 4.02. The van der Waals surface area contributed by atoms with E-state index in [2.05, 4.69) is 60.2 Å². The number of benzene rings is 2. The lowest BCUT2D eigenvalue weighted by Crippen LogP contribution is -2.22.